The Morgan fingerprint density at radius 2 is 1.82 bits per heavy atom. The molecule has 1 atom stereocenters. The minimum atomic E-state index is -1.00. The van der Waals surface area contributed by atoms with Crippen LogP contribution in [0.25, 0.3) is 0 Å². The van der Waals surface area contributed by atoms with Crippen LogP contribution in [0.15, 0.2) is 43.0 Å². The summed E-state index contributed by atoms with van der Waals surface area (Å²) < 4.78 is 6.59. The first-order valence-corrected chi connectivity index (χ1v) is 10.4. The van der Waals surface area contributed by atoms with Crippen LogP contribution >= 0.6 is 0 Å². The molecule has 1 fully saturated rings. The van der Waals surface area contributed by atoms with E-state index in [0.717, 1.165) is 55.5 Å². The molecule has 0 radical (unpaired) electrons. The van der Waals surface area contributed by atoms with Crippen LogP contribution in [0.3, 0.4) is 0 Å². The Balaban J connectivity index is 0.00000392. The summed E-state index contributed by atoms with van der Waals surface area (Å²) in [5, 5.41) is 11.3. The summed E-state index contributed by atoms with van der Waals surface area (Å²) in [6, 6.07) is 9.62. The fourth-order valence-corrected chi connectivity index (χ4v) is 4.35. The molecule has 0 aliphatic heterocycles. The number of hydrogen-bond acceptors (Lipinski definition) is 3. The van der Waals surface area contributed by atoms with Gasteiger partial charge in [0.25, 0.3) is 0 Å². The van der Waals surface area contributed by atoms with E-state index in [1.807, 2.05) is 36.4 Å². The van der Waals surface area contributed by atoms with E-state index in [1.165, 1.54) is 0 Å². The first kappa shape index (κ1) is 24.9. The second-order valence-electron chi connectivity index (χ2n) is 7.84. The fourth-order valence-electron chi connectivity index (χ4n) is 4.35. The molecule has 158 valence electrons. The number of hydrogen-bond donors (Lipinski definition) is 1. The third-order valence-electron chi connectivity index (χ3n) is 6.29. The molecule has 0 heterocycles. The van der Waals surface area contributed by atoms with Gasteiger partial charge in [0.2, 0.25) is 0 Å². The number of esters is 1. The molecule has 0 aromatic heterocycles. The van der Waals surface area contributed by atoms with Gasteiger partial charge in [-0.15, -0.1) is 0 Å². The Morgan fingerprint density at radius 3 is 2.36 bits per heavy atom. The molecule has 1 saturated carbocycles. The van der Waals surface area contributed by atoms with Crippen molar-refractivity contribution in [1.29, 1.82) is 0 Å². The third kappa shape index (κ3) is 6.16. The van der Waals surface area contributed by atoms with Gasteiger partial charge in [0, 0.05) is 0 Å². The molecule has 5 heteroatoms. The minimum Gasteiger partial charge on any atom is -1.00 e. The second-order valence-corrected chi connectivity index (χ2v) is 7.84. The maximum atomic E-state index is 13.1. The van der Waals surface area contributed by atoms with Crippen molar-refractivity contribution in [3.8, 4) is 0 Å². The molecule has 1 aliphatic carbocycles. The number of nitrogens with zero attached hydrogens (tertiary/aromatic N) is 1. The lowest BCUT2D eigenvalue weighted by molar-refractivity contribution is -0.919. The van der Waals surface area contributed by atoms with E-state index in [-0.39, 0.29) is 23.0 Å². The lowest BCUT2D eigenvalue weighted by Gasteiger charge is -2.39. The Hall–Kier alpha value is -1.17. The number of carbonyl (C=O) groups is 1. The highest BCUT2D eigenvalue weighted by Gasteiger charge is 2.44. The highest BCUT2D eigenvalue weighted by molar-refractivity contribution is 5.80. The molecule has 0 saturated heterocycles. The van der Waals surface area contributed by atoms with E-state index in [2.05, 4.69) is 20.4 Å². The minimum absolute atomic E-state index is 0. The van der Waals surface area contributed by atoms with E-state index in [1.54, 1.807) is 0 Å². The number of benzene rings is 1. The Labute approximate surface area is 180 Å². The second kappa shape index (κ2) is 11.7. The lowest BCUT2D eigenvalue weighted by Crippen LogP contribution is -3.00. The predicted octanol–water partition coefficient (Wildman–Crippen LogP) is 1.06. The van der Waals surface area contributed by atoms with Crippen LogP contribution in [-0.2, 0) is 9.53 Å². The highest BCUT2D eigenvalue weighted by Crippen LogP contribution is 2.40. The van der Waals surface area contributed by atoms with Gasteiger partial charge in [-0.1, -0.05) is 56.2 Å². The number of likely N-dealkylation sites (N-methyl/N-ethyl adjacent to an activating group) is 1. The van der Waals surface area contributed by atoms with Crippen molar-refractivity contribution in [1.82, 2.24) is 0 Å². The van der Waals surface area contributed by atoms with Gasteiger partial charge in [0.15, 0.2) is 0 Å². The topological polar surface area (TPSA) is 46.5 Å². The summed E-state index contributed by atoms with van der Waals surface area (Å²) in [4.78, 5) is 13.1. The summed E-state index contributed by atoms with van der Waals surface area (Å²) >= 11 is 0. The van der Waals surface area contributed by atoms with Gasteiger partial charge in [-0.05, 0) is 38.3 Å². The van der Waals surface area contributed by atoms with Crippen LogP contribution in [0.1, 0.15) is 57.4 Å². The molecule has 0 amide bonds. The van der Waals surface area contributed by atoms with Gasteiger partial charge in [0.1, 0.15) is 19.1 Å². The smallest absolute Gasteiger partial charge is 0.316 e. The van der Waals surface area contributed by atoms with Gasteiger partial charge in [-0.25, -0.2) is 0 Å². The van der Waals surface area contributed by atoms with E-state index in [0.29, 0.717) is 19.4 Å². The van der Waals surface area contributed by atoms with Gasteiger partial charge in [0.05, 0.1) is 25.2 Å². The SMILES string of the molecule is C=CC[N+](CC)(CC)CCOC(=O)C(c1ccccc1)C1(O)CCCCC1.[Br-]. The summed E-state index contributed by atoms with van der Waals surface area (Å²) in [5.74, 6) is -0.905. The summed E-state index contributed by atoms with van der Waals surface area (Å²) in [6.07, 6.45) is 6.28. The third-order valence-corrected chi connectivity index (χ3v) is 6.29. The summed E-state index contributed by atoms with van der Waals surface area (Å²) in [5.41, 5.74) is -0.149. The first-order valence-electron chi connectivity index (χ1n) is 10.4. The van der Waals surface area contributed by atoms with Crippen molar-refractivity contribution in [2.45, 2.75) is 57.5 Å². The number of halogens is 1. The molecule has 0 bridgehead atoms. The molecule has 1 aromatic carbocycles. The number of quaternary nitrogens is 1. The standard InChI is InChI=1S/C23H36NO3.BrH/c1-4-17-24(5-2,6-3)18-19-27-22(25)21(20-13-9-7-10-14-20)23(26)15-11-8-12-16-23;/h4,7,9-10,13-14,21,26H,1,5-6,8,11-12,15-19H2,2-3H3;1H/q+1;/p-1. The van der Waals surface area contributed by atoms with E-state index in [4.69, 9.17) is 4.74 Å². The van der Waals surface area contributed by atoms with Crippen molar-refractivity contribution >= 4 is 5.97 Å². The molecule has 1 N–H and O–H groups in total. The lowest BCUT2D eigenvalue weighted by atomic mass is 9.73. The van der Waals surface area contributed by atoms with Gasteiger partial charge in [-0.2, -0.15) is 0 Å². The molecule has 2 rings (SSSR count). The zero-order valence-electron chi connectivity index (χ0n) is 17.4. The van der Waals surface area contributed by atoms with Crippen LogP contribution in [0.5, 0.6) is 0 Å². The highest BCUT2D eigenvalue weighted by atomic mass is 79.9. The fraction of sp³-hybridized carbons (Fsp3) is 0.609. The molecule has 1 aromatic rings. The Morgan fingerprint density at radius 1 is 1.21 bits per heavy atom. The van der Waals surface area contributed by atoms with Crippen molar-refractivity contribution in [2.75, 3.05) is 32.8 Å². The van der Waals surface area contributed by atoms with Crippen LogP contribution in [0.4, 0.5) is 0 Å². The van der Waals surface area contributed by atoms with Gasteiger partial charge < -0.3 is 31.3 Å². The molecule has 28 heavy (non-hydrogen) atoms. The van der Waals surface area contributed by atoms with Crippen molar-refractivity contribution in [3.63, 3.8) is 0 Å². The van der Waals surface area contributed by atoms with E-state index in [9.17, 15) is 9.90 Å². The number of rotatable bonds is 10. The zero-order valence-corrected chi connectivity index (χ0v) is 19.0. The van der Waals surface area contributed by atoms with Crippen molar-refractivity contribution in [3.05, 3.63) is 48.6 Å². The van der Waals surface area contributed by atoms with Crippen molar-refractivity contribution in [2.24, 2.45) is 0 Å². The molecule has 1 unspecified atom stereocenters. The average molecular weight is 454 g/mol. The molecular formula is C23H36BrNO3. The largest absolute Gasteiger partial charge is 1.00 e. The molecular weight excluding hydrogens is 418 g/mol. The predicted molar refractivity (Wildman–Crippen MR) is 109 cm³/mol. The van der Waals surface area contributed by atoms with Crippen molar-refractivity contribution < 1.29 is 36.1 Å². The first-order chi connectivity index (χ1) is 13.0. The van der Waals surface area contributed by atoms with Crippen LogP contribution in [0.2, 0.25) is 0 Å². The maximum absolute atomic E-state index is 13.1. The molecule has 0 spiro atoms. The summed E-state index contributed by atoms with van der Waals surface area (Å²) in [6.45, 7) is 12.2. The molecule has 4 nitrogen and oxygen atoms in total. The number of carbonyl (C=O) groups excluding carboxylic acids is 1. The van der Waals surface area contributed by atoms with E-state index >= 15 is 0 Å². The van der Waals surface area contributed by atoms with Crippen LogP contribution < -0.4 is 17.0 Å². The monoisotopic (exact) mass is 453 g/mol. The normalized spacial score (nSPS) is 17.2. The van der Waals surface area contributed by atoms with Gasteiger partial charge in [-0.3, -0.25) is 4.79 Å². The van der Waals surface area contributed by atoms with E-state index < -0.39 is 11.5 Å². The average Bonchev–Trinajstić information content (AvgIpc) is 2.68. The number of ether oxygens (including phenoxy) is 1. The van der Waals surface area contributed by atoms with Crippen LogP contribution in [0, 0.1) is 0 Å². The zero-order chi connectivity index (χ0) is 19.8. The molecule has 1 aliphatic rings. The van der Waals surface area contributed by atoms with Gasteiger partial charge >= 0.3 is 5.97 Å². The Kier molecular flexibility index (Phi) is 10.4. The Bertz CT molecular complexity index is 595. The quantitative estimate of drug-likeness (QED) is 0.327. The maximum Gasteiger partial charge on any atom is 0.316 e. The number of aliphatic hydroxyl groups is 1. The van der Waals surface area contributed by atoms with Crippen LogP contribution in [-0.4, -0.2) is 53.9 Å². The summed E-state index contributed by atoms with van der Waals surface area (Å²) in [7, 11) is 0.